The van der Waals surface area contributed by atoms with Crippen molar-refractivity contribution in [2.75, 3.05) is 9.80 Å². The number of fused-ring (bicyclic) bond motifs is 22. The van der Waals surface area contributed by atoms with Crippen LogP contribution in [0.5, 0.6) is 0 Å². The zero-order valence-corrected chi connectivity index (χ0v) is 49.2. The minimum absolute atomic E-state index is 0.879. The second-order valence-electron chi connectivity index (χ2n) is 23.4. The zero-order valence-electron chi connectivity index (χ0n) is 48.4. The molecule has 420 valence electrons. The third-order valence-corrected chi connectivity index (χ3v) is 19.5. The predicted molar refractivity (Wildman–Crippen MR) is 382 cm³/mol. The van der Waals surface area contributed by atoms with Gasteiger partial charge in [-0.15, -0.1) is 11.3 Å². The van der Waals surface area contributed by atoms with Crippen molar-refractivity contribution in [2.24, 2.45) is 0 Å². The molecule has 0 fully saturated rings. The Morgan fingerprint density at radius 1 is 0.200 bits per heavy atom. The summed E-state index contributed by atoms with van der Waals surface area (Å²) in [5.41, 5.74) is 12.2. The molecule has 16 aromatic carbocycles. The Morgan fingerprint density at radius 3 is 1.14 bits per heavy atom. The van der Waals surface area contributed by atoms with Crippen LogP contribution in [0, 0.1) is 0 Å². The number of rotatable bonds is 6. The molecule has 0 amide bonds. The maximum atomic E-state index is 6.32. The van der Waals surface area contributed by atoms with Gasteiger partial charge in [-0.2, -0.15) is 0 Å². The molecule has 0 unspecified atom stereocenters. The molecule has 0 aliphatic carbocycles. The minimum atomic E-state index is 0.879. The van der Waals surface area contributed by atoms with E-state index in [0.29, 0.717) is 0 Å². The summed E-state index contributed by atoms with van der Waals surface area (Å²) in [6.07, 6.45) is 0. The highest BCUT2D eigenvalue weighted by molar-refractivity contribution is 7.26. The highest BCUT2D eigenvalue weighted by atomic mass is 32.1. The SMILES string of the molecule is c1ccc(N(c2ccc3c(ccc4ccc5cc6c(cc5c43)oc3ccccc36)c2)c2cccc3oc4ccccc4c23)cc1.c1ccc(N(c2ccc3c(ccc4ccc5cc6c(cc5c43)oc3ccccc36)c2)c2cccc3sc4ccccc4c23)cc1. The fraction of sp³-hybridized carbons (Fsp3) is 0. The summed E-state index contributed by atoms with van der Waals surface area (Å²) in [5, 5.41) is 24.1. The topological polar surface area (TPSA) is 45.9 Å². The van der Waals surface area contributed by atoms with Gasteiger partial charge in [-0.3, -0.25) is 0 Å². The molecule has 0 saturated heterocycles. The van der Waals surface area contributed by atoms with Crippen molar-refractivity contribution in [3.63, 3.8) is 0 Å². The van der Waals surface area contributed by atoms with Gasteiger partial charge in [0.1, 0.15) is 33.5 Å². The molecule has 0 aliphatic rings. The van der Waals surface area contributed by atoms with Gasteiger partial charge in [0.15, 0.2) is 0 Å². The van der Waals surface area contributed by atoms with Crippen LogP contribution in [0.25, 0.3) is 151 Å². The van der Waals surface area contributed by atoms with Gasteiger partial charge in [-0.25, -0.2) is 0 Å². The summed E-state index contributed by atoms with van der Waals surface area (Å²) in [6, 6.07) is 109. The molecular formula is C84H50N2O3S. The Kier molecular flexibility index (Phi) is 11.2. The van der Waals surface area contributed by atoms with E-state index in [2.05, 4.69) is 277 Å². The Balaban J connectivity index is 0.000000130. The fourth-order valence-electron chi connectivity index (χ4n) is 14.4. The van der Waals surface area contributed by atoms with Crippen molar-refractivity contribution in [2.45, 2.75) is 0 Å². The first-order chi connectivity index (χ1) is 44.6. The average Bonchev–Trinajstić information content (AvgIpc) is 1.13. The van der Waals surface area contributed by atoms with Crippen molar-refractivity contribution >= 4 is 196 Å². The summed E-state index contributed by atoms with van der Waals surface area (Å²) in [6.45, 7) is 0. The first kappa shape index (κ1) is 50.5. The van der Waals surface area contributed by atoms with Crippen LogP contribution in [0.4, 0.5) is 34.1 Å². The molecule has 0 spiro atoms. The number of hydrogen-bond donors (Lipinski definition) is 0. The number of thiophene rings is 1. The molecule has 4 aromatic heterocycles. The van der Waals surface area contributed by atoms with Crippen LogP contribution in [0.3, 0.4) is 0 Å². The number of furan rings is 3. The van der Waals surface area contributed by atoms with Crippen molar-refractivity contribution in [3.05, 3.63) is 303 Å². The van der Waals surface area contributed by atoms with Gasteiger partial charge >= 0.3 is 0 Å². The van der Waals surface area contributed by atoms with E-state index in [1.54, 1.807) is 0 Å². The van der Waals surface area contributed by atoms with E-state index in [1.165, 1.54) is 90.5 Å². The lowest BCUT2D eigenvalue weighted by Gasteiger charge is -2.27. The molecule has 20 rings (SSSR count). The van der Waals surface area contributed by atoms with E-state index in [9.17, 15) is 0 Å². The van der Waals surface area contributed by atoms with Crippen LogP contribution in [-0.2, 0) is 0 Å². The largest absolute Gasteiger partial charge is 0.456 e. The molecule has 90 heavy (non-hydrogen) atoms. The van der Waals surface area contributed by atoms with Gasteiger partial charge in [0, 0.05) is 69.9 Å². The van der Waals surface area contributed by atoms with E-state index in [1.807, 2.05) is 47.7 Å². The van der Waals surface area contributed by atoms with Crippen molar-refractivity contribution in [1.82, 2.24) is 0 Å². The van der Waals surface area contributed by atoms with Gasteiger partial charge in [0.25, 0.3) is 0 Å². The van der Waals surface area contributed by atoms with E-state index in [4.69, 9.17) is 13.3 Å². The van der Waals surface area contributed by atoms with Gasteiger partial charge in [-0.1, -0.05) is 182 Å². The highest BCUT2D eigenvalue weighted by Gasteiger charge is 2.23. The van der Waals surface area contributed by atoms with Crippen molar-refractivity contribution < 1.29 is 13.3 Å². The molecule has 0 aliphatic heterocycles. The third kappa shape index (κ3) is 7.88. The normalized spacial score (nSPS) is 12.0. The van der Waals surface area contributed by atoms with Crippen LogP contribution < -0.4 is 9.80 Å². The highest BCUT2D eigenvalue weighted by Crippen LogP contribution is 2.48. The second-order valence-corrected chi connectivity index (χ2v) is 24.5. The summed E-state index contributed by atoms with van der Waals surface area (Å²) in [7, 11) is 0. The van der Waals surface area contributed by atoms with Gasteiger partial charge in [0.05, 0.1) is 16.8 Å². The molecule has 0 N–H and O–H groups in total. The first-order valence-electron chi connectivity index (χ1n) is 30.5. The fourth-order valence-corrected chi connectivity index (χ4v) is 15.5. The lowest BCUT2D eigenvalue weighted by molar-refractivity contribution is 0.668. The lowest BCUT2D eigenvalue weighted by Crippen LogP contribution is -2.10. The monoisotopic (exact) mass is 1170 g/mol. The molecule has 0 saturated carbocycles. The van der Waals surface area contributed by atoms with Crippen LogP contribution in [0.2, 0.25) is 0 Å². The molecular weight excluding hydrogens is 1120 g/mol. The average molecular weight is 1170 g/mol. The van der Waals surface area contributed by atoms with Crippen molar-refractivity contribution in [1.29, 1.82) is 0 Å². The lowest BCUT2D eigenvalue weighted by atomic mass is 9.95. The van der Waals surface area contributed by atoms with Crippen LogP contribution in [-0.4, -0.2) is 0 Å². The van der Waals surface area contributed by atoms with E-state index < -0.39 is 0 Å². The molecule has 4 heterocycles. The van der Waals surface area contributed by atoms with Crippen LogP contribution >= 0.6 is 11.3 Å². The minimum Gasteiger partial charge on any atom is -0.456 e. The summed E-state index contributed by atoms with van der Waals surface area (Å²) >= 11 is 1.86. The van der Waals surface area contributed by atoms with Crippen molar-refractivity contribution in [3.8, 4) is 0 Å². The molecule has 5 nitrogen and oxygen atoms in total. The van der Waals surface area contributed by atoms with Crippen LogP contribution in [0.15, 0.2) is 317 Å². The molecule has 6 heteroatoms. The summed E-state index contributed by atoms with van der Waals surface area (Å²) in [4.78, 5) is 4.75. The number of hydrogen-bond acceptors (Lipinski definition) is 6. The van der Waals surface area contributed by atoms with Crippen LogP contribution in [0.1, 0.15) is 0 Å². The summed E-state index contributed by atoms with van der Waals surface area (Å²) < 4.78 is 21.5. The molecule has 0 atom stereocenters. The zero-order chi connectivity index (χ0) is 59.0. The standard InChI is InChI=1S/C42H25NO2.C42H25NOS/c1-2-9-29(10-3-1)43(36-13-8-16-39-42(36)33-12-5-7-15-38(33)44-39)30-21-22-31-27(23-30)19-17-26-18-20-28-24-35-32-11-4-6-14-37(32)45-40(35)25-34(28)41(26)31;1-2-9-29(10-3-1)43(36-13-8-16-40-42(36)33-12-5-7-15-39(33)45-40)30-21-22-31-27(23-30)19-17-26-18-20-28-24-35-32-11-4-6-14-37(32)44-38(35)25-34(28)41(26)31/h2*1-25H. The maximum absolute atomic E-state index is 6.32. The Labute approximate surface area is 519 Å². The van der Waals surface area contributed by atoms with E-state index in [-0.39, 0.29) is 0 Å². The van der Waals surface area contributed by atoms with E-state index in [0.717, 1.165) is 94.3 Å². The number of benzene rings is 16. The Morgan fingerprint density at radius 2 is 0.600 bits per heavy atom. The molecule has 0 radical (unpaired) electrons. The third-order valence-electron chi connectivity index (χ3n) is 18.4. The smallest absolute Gasteiger partial charge is 0.137 e. The van der Waals surface area contributed by atoms with Gasteiger partial charge < -0.3 is 23.1 Å². The first-order valence-corrected chi connectivity index (χ1v) is 31.3. The Bertz CT molecular complexity index is 5930. The predicted octanol–water partition coefficient (Wildman–Crippen LogP) is 25.3. The summed E-state index contributed by atoms with van der Waals surface area (Å²) in [5.74, 6) is 0. The molecule has 0 bridgehead atoms. The van der Waals surface area contributed by atoms with E-state index >= 15 is 0 Å². The molecule has 20 aromatic rings. The number of anilines is 6. The maximum Gasteiger partial charge on any atom is 0.137 e. The van der Waals surface area contributed by atoms with Gasteiger partial charge in [0.2, 0.25) is 0 Å². The number of para-hydroxylation sites is 5. The van der Waals surface area contributed by atoms with Gasteiger partial charge in [-0.05, 0) is 186 Å². The second kappa shape index (κ2) is 19.9. The number of nitrogens with zero attached hydrogens (tertiary/aromatic N) is 2. The Hall–Kier alpha value is -11.7. The quantitative estimate of drug-likeness (QED) is 0.155.